The van der Waals surface area contributed by atoms with Crippen LogP contribution in [0.15, 0.2) is 28.2 Å². The Balaban J connectivity index is 1.89. The Labute approximate surface area is 137 Å². The topological polar surface area (TPSA) is 25.2 Å². The Morgan fingerprint density at radius 1 is 1.52 bits per heavy atom. The molecule has 0 spiro atoms. The van der Waals surface area contributed by atoms with E-state index in [1.54, 1.807) is 11.3 Å². The van der Waals surface area contributed by atoms with Crippen LogP contribution in [-0.4, -0.2) is 21.9 Å². The maximum absolute atomic E-state index is 12.9. The molecule has 0 aliphatic carbocycles. The fourth-order valence-corrected chi connectivity index (χ4v) is 4.44. The first kappa shape index (κ1) is 14.9. The lowest BCUT2D eigenvalue weighted by molar-refractivity contribution is 0.0668. The predicted octanol–water partition coefficient (Wildman–Crippen LogP) is 4.48. The Kier molecular flexibility index (Phi) is 4.22. The number of halogens is 1. The number of aryl methyl sites for hydroxylation is 1. The highest BCUT2D eigenvalue weighted by Gasteiger charge is 2.30. The third-order valence-electron chi connectivity index (χ3n) is 4.08. The molecule has 1 aliphatic rings. The van der Waals surface area contributed by atoms with Gasteiger partial charge in [0, 0.05) is 28.6 Å². The summed E-state index contributed by atoms with van der Waals surface area (Å²) in [5.74, 6) is 0.138. The molecular formula is C16H19BrN2OS. The van der Waals surface area contributed by atoms with Crippen molar-refractivity contribution < 1.29 is 4.79 Å². The Morgan fingerprint density at radius 3 is 3.10 bits per heavy atom. The van der Waals surface area contributed by atoms with Crippen LogP contribution < -0.4 is 0 Å². The fraction of sp³-hybridized carbons (Fsp3) is 0.438. The van der Waals surface area contributed by atoms with Crippen LogP contribution >= 0.6 is 27.3 Å². The molecule has 1 atom stereocenters. The number of fused-ring (bicyclic) bond motifs is 1. The van der Waals surface area contributed by atoms with E-state index < -0.39 is 0 Å². The molecule has 0 saturated carbocycles. The zero-order valence-electron chi connectivity index (χ0n) is 12.3. The van der Waals surface area contributed by atoms with Gasteiger partial charge in [0.2, 0.25) is 0 Å². The average molecular weight is 367 g/mol. The van der Waals surface area contributed by atoms with Crippen molar-refractivity contribution in [2.45, 2.75) is 39.3 Å². The summed E-state index contributed by atoms with van der Waals surface area (Å²) < 4.78 is 3.03. The molecule has 3 nitrogen and oxygen atoms in total. The van der Waals surface area contributed by atoms with E-state index in [0.29, 0.717) is 0 Å². The van der Waals surface area contributed by atoms with E-state index in [9.17, 15) is 4.79 Å². The first-order valence-corrected chi connectivity index (χ1v) is 9.02. The molecule has 21 heavy (non-hydrogen) atoms. The second kappa shape index (κ2) is 5.97. The minimum atomic E-state index is 0.138. The van der Waals surface area contributed by atoms with E-state index in [4.69, 9.17) is 0 Å². The van der Waals surface area contributed by atoms with Crippen molar-refractivity contribution >= 4 is 33.2 Å². The van der Waals surface area contributed by atoms with E-state index in [0.717, 1.165) is 36.1 Å². The van der Waals surface area contributed by atoms with Crippen molar-refractivity contribution in [2.24, 2.45) is 0 Å². The van der Waals surface area contributed by atoms with Crippen LogP contribution in [0.5, 0.6) is 0 Å². The summed E-state index contributed by atoms with van der Waals surface area (Å²) in [5.41, 5.74) is 2.10. The molecule has 3 rings (SSSR count). The predicted molar refractivity (Wildman–Crippen MR) is 89.9 cm³/mol. The average Bonchev–Trinajstić information content (AvgIpc) is 3.06. The van der Waals surface area contributed by atoms with Crippen molar-refractivity contribution in [3.8, 4) is 0 Å². The number of rotatable bonds is 3. The molecule has 0 N–H and O–H groups in total. The molecular weight excluding hydrogens is 348 g/mol. The van der Waals surface area contributed by atoms with Gasteiger partial charge in [0.25, 0.3) is 5.91 Å². The summed E-state index contributed by atoms with van der Waals surface area (Å²) in [6.07, 6.45) is 3.99. The van der Waals surface area contributed by atoms with Gasteiger partial charge in [0.05, 0.1) is 6.04 Å². The lowest BCUT2D eigenvalue weighted by Crippen LogP contribution is -2.39. The van der Waals surface area contributed by atoms with Crippen LogP contribution in [0.3, 0.4) is 0 Å². The van der Waals surface area contributed by atoms with E-state index in [1.165, 1.54) is 10.4 Å². The van der Waals surface area contributed by atoms with E-state index in [2.05, 4.69) is 45.8 Å². The van der Waals surface area contributed by atoms with Gasteiger partial charge < -0.3 is 9.47 Å². The van der Waals surface area contributed by atoms with Crippen LogP contribution in [-0.2, 0) is 13.0 Å². The lowest BCUT2D eigenvalue weighted by atomic mass is 10.0. The quantitative estimate of drug-likeness (QED) is 0.785. The third-order valence-corrected chi connectivity index (χ3v) is 5.52. The summed E-state index contributed by atoms with van der Waals surface area (Å²) in [4.78, 5) is 16.4. The van der Waals surface area contributed by atoms with E-state index in [1.807, 2.05) is 17.2 Å². The van der Waals surface area contributed by atoms with Gasteiger partial charge in [-0.2, -0.15) is 0 Å². The van der Waals surface area contributed by atoms with Crippen LogP contribution in [0.4, 0.5) is 0 Å². The molecule has 3 heterocycles. The number of amides is 1. The minimum absolute atomic E-state index is 0.138. The zero-order chi connectivity index (χ0) is 15.0. The smallest absolute Gasteiger partial charge is 0.271 e. The molecule has 5 heteroatoms. The van der Waals surface area contributed by atoms with Gasteiger partial charge in [-0.3, -0.25) is 4.79 Å². The second-order valence-corrected chi connectivity index (χ2v) is 7.38. The van der Waals surface area contributed by atoms with Gasteiger partial charge in [-0.15, -0.1) is 11.3 Å². The zero-order valence-corrected chi connectivity index (χ0v) is 14.7. The highest BCUT2D eigenvalue weighted by molar-refractivity contribution is 9.10. The molecule has 1 unspecified atom stereocenters. The molecule has 0 bridgehead atoms. The molecule has 1 aliphatic heterocycles. The normalized spacial score (nSPS) is 17.9. The summed E-state index contributed by atoms with van der Waals surface area (Å²) >= 11 is 5.29. The number of carbonyl (C=O) groups is 1. The Morgan fingerprint density at radius 2 is 2.33 bits per heavy atom. The largest absolute Gasteiger partial charge is 0.342 e. The minimum Gasteiger partial charge on any atom is -0.342 e. The molecule has 2 aromatic heterocycles. The number of aromatic nitrogens is 1. The first-order valence-electron chi connectivity index (χ1n) is 7.34. The number of thiophene rings is 1. The van der Waals surface area contributed by atoms with Crippen LogP contribution in [0.25, 0.3) is 0 Å². The van der Waals surface area contributed by atoms with Gasteiger partial charge in [-0.25, -0.2) is 0 Å². The van der Waals surface area contributed by atoms with Crippen LogP contribution in [0.1, 0.15) is 47.2 Å². The van der Waals surface area contributed by atoms with Crippen molar-refractivity contribution in [1.29, 1.82) is 0 Å². The van der Waals surface area contributed by atoms with Crippen molar-refractivity contribution in [3.05, 3.63) is 44.3 Å². The first-order chi connectivity index (χ1) is 10.1. The fourth-order valence-electron chi connectivity index (χ4n) is 3.01. The highest BCUT2D eigenvalue weighted by Crippen LogP contribution is 2.34. The summed E-state index contributed by atoms with van der Waals surface area (Å²) in [5, 5.41) is 2.13. The van der Waals surface area contributed by atoms with Crippen molar-refractivity contribution in [2.75, 3.05) is 6.54 Å². The van der Waals surface area contributed by atoms with E-state index in [-0.39, 0.29) is 11.9 Å². The van der Waals surface area contributed by atoms with E-state index >= 15 is 0 Å². The molecule has 2 aromatic rings. The van der Waals surface area contributed by atoms with Gasteiger partial charge >= 0.3 is 0 Å². The monoisotopic (exact) mass is 366 g/mol. The standard InChI is InChI=1S/C16H19BrN2OS/c1-3-6-18-10-12(17)9-14(18)16(20)19-7-4-15-13(11(19)2)5-8-21-15/h5,8-11H,3-4,6-7H2,1-2H3. The Hall–Kier alpha value is -1.07. The maximum atomic E-state index is 12.9. The molecule has 0 aromatic carbocycles. The summed E-state index contributed by atoms with van der Waals surface area (Å²) in [6.45, 7) is 5.94. The van der Waals surface area contributed by atoms with Crippen LogP contribution in [0, 0.1) is 0 Å². The second-order valence-electron chi connectivity index (χ2n) is 5.46. The number of nitrogens with zero attached hydrogens (tertiary/aromatic N) is 2. The third kappa shape index (κ3) is 2.69. The molecule has 0 fully saturated rings. The SMILES string of the molecule is CCCn1cc(Br)cc1C(=O)N1CCc2sccc2C1C. The number of hydrogen-bond acceptors (Lipinski definition) is 2. The van der Waals surface area contributed by atoms with Crippen molar-refractivity contribution in [1.82, 2.24) is 9.47 Å². The molecule has 1 amide bonds. The van der Waals surface area contributed by atoms with Gasteiger partial charge in [0.1, 0.15) is 5.69 Å². The van der Waals surface area contributed by atoms with Crippen LogP contribution in [0.2, 0.25) is 0 Å². The van der Waals surface area contributed by atoms with Crippen molar-refractivity contribution in [3.63, 3.8) is 0 Å². The number of hydrogen-bond donors (Lipinski definition) is 0. The Bertz CT molecular complexity index is 661. The highest BCUT2D eigenvalue weighted by atomic mass is 79.9. The molecule has 0 radical (unpaired) electrons. The molecule has 0 saturated heterocycles. The maximum Gasteiger partial charge on any atom is 0.271 e. The summed E-state index contributed by atoms with van der Waals surface area (Å²) in [7, 11) is 0. The van der Waals surface area contributed by atoms with Gasteiger partial charge in [-0.1, -0.05) is 6.92 Å². The molecule has 112 valence electrons. The lowest BCUT2D eigenvalue weighted by Gasteiger charge is -2.33. The summed E-state index contributed by atoms with van der Waals surface area (Å²) in [6, 6.07) is 4.26. The number of carbonyl (C=O) groups excluding carboxylic acids is 1. The van der Waals surface area contributed by atoms with Gasteiger partial charge in [-0.05, 0) is 58.8 Å². The van der Waals surface area contributed by atoms with Gasteiger partial charge in [0.15, 0.2) is 0 Å².